The summed E-state index contributed by atoms with van der Waals surface area (Å²) in [7, 11) is 0. The number of rotatable bonds is 4. The Balaban J connectivity index is 0. The third-order valence-electron chi connectivity index (χ3n) is 1.70. The highest BCUT2D eigenvalue weighted by Crippen LogP contribution is 1.98. The molecule has 0 saturated heterocycles. The Bertz CT molecular complexity index is 96.7. The Morgan fingerprint density at radius 2 is 0.857 bits per heavy atom. The molecule has 0 spiro atoms. The predicted octanol–water partition coefficient (Wildman–Crippen LogP) is 0.276. The van der Waals surface area contributed by atoms with Crippen LogP contribution in [-0.4, -0.2) is 44.8 Å². The van der Waals surface area contributed by atoms with Crippen LogP contribution in [0.4, 0.5) is 0 Å². The van der Waals surface area contributed by atoms with Gasteiger partial charge in [0.15, 0.2) is 0 Å². The molecule has 0 rings (SSSR count). The van der Waals surface area contributed by atoms with E-state index in [-0.39, 0.29) is 12.2 Å². The molecule has 4 N–H and O–H groups in total. The van der Waals surface area contributed by atoms with Crippen LogP contribution in [0.3, 0.4) is 0 Å². The number of aliphatic hydroxyl groups excluding tert-OH is 4. The van der Waals surface area contributed by atoms with E-state index in [2.05, 4.69) is 0 Å². The van der Waals surface area contributed by atoms with Gasteiger partial charge in [-0.05, 0) is 40.5 Å². The lowest BCUT2D eigenvalue weighted by Gasteiger charge is -2.04. The van der Waals surface area contributed by atoms with E-state index in [1.165, 1.54) is 0 Å². The molecule has 0 radical (unpaired) electrons. The lowest BCUT2D eigenvalue weighted by atomic mass is 10.1. The molecule has 4 heteroatoms. The Hall–Kier alpha value is -0.160. The summed E-state index contributed by atoms with van der Waals surface area (Å²) >= 11 is 0. The average Bonchev–Trinajstić information content (AvgIpc) is 2.01. The van der Waals surface area contributed by atoms with E-state index in [9.17, 15) is 0 Å². The Morgan fingerprint density at radius 3 is 0.929 bits per heavy atom. The van der Waals surface area contributed by atoms with Crippen molar-refractivity contribution in [2.45, 2.75) is 65.0 Å². The maximum Gasteiger partial charge on any atom is 0.0768 e. The van der Waals surface area contributed by atoms with E-state index >= 15 is 0 Å². The maximum atomic E-state index is 8.69. The molecule has 0 aromatic heterocycles. The molecule has 88 valence electrons. The normalized spacial score (nSPS) is 18.9. The van der Waals surface area contributed by atoms with E-state index in [0.717, 1.165) is 0 Å². The highest BCUT2D eigenvalue weighted by molar-refractivity contribution is 4.51. The largest absolute Gasteiger partial charge is 0.393 e. The monoisotopic (exact) mass is 208 g/mol. The van der Waals surface area contributed by atoms with Gasteiger partial charge in [0.25, 0.3) is 0 Å². The van der Waals surface area contributed by atoms with Crippen molar-refractivity contribution in [1.29, 1.82) is 0 Å². The van der Waals surface area contributed by atoms with Crippen molar-refractivity contribution < 1.29 is 20.4 Å². The minimum absolute atomic E-state index is 0.274. The number of hydrogen-bond acceptors (Lipinski definition) is 4. The highest BCUT2D eigenvalue weighted by Gasteiger charge is 1.99. The fraction of sp³-hybridized carbons (Fsp3) is 1.00. The zero-order valence-corrected chi connectivity index (χ0v) is 9.51. The summed E-state index contributed by atoms with van der Waals surface area (Å²) in [6, 6.07) is 0. The van der Waals surface area contributed by atoms with Gasteiger partial charge in [-0.25, -0.2) is 0 Å². The van der Waals surface area contributed by atoms with Crippen molar-refractivity contribution in [3.63, 3.8) is 0 Å². The first kappa shape index (κ1) is 16.3. The molecule has 0 aliphatic heterocycles. The van der Waals surface area contributed by atoms with Gasteiger partial charge in [0.2, 0.25) is 0 Å². The highest BCUT2D eigenvalue weighted by atomic mass is 16.3. The van der Waals surface area contributed by atoms with E-state index in [1.54, 1.807) is 27.7 Å². The number of hydrogen-bond donors (Lipinski definition) is 4. The summed E-state index contributed by atoms with van der Waals surface area (Å²) in [6.45, 7) is 6.54. The van der Waals surface area contributed by atoms with E-state index in [1.807, 2.05) is 0 Å². The Labute approximate surface area is 86.2 Å². The van der Waals surface area contributed by atoms with Crippen LogP contribution in [0.2, 0.25) is 0 Å². The summed E-state index contributed by atoms with van der Waals surface area (Å²) in [5.41, 5.74) is 0. The molecule has 0 aliphatic rings. The quantitative estimate of drug-likeness (QED) is 0.535. The number of aliphatic hydroxyl groups is 4. The minimum Gasteiger partial charge on any atom is -0.393 e. The molecular formula is C10H24O4. The summed E-state index contributed by atoms with van der Waals surface area (Å²) in [5, 5.41) is 34.1. The lowest BCUT2D eigenvalue weighted by molar-refractivity contribution is 0.0438. The van der Waals surface area contributed by atoms with Crippen LogP contribution in [0.5, 0.6) is 0 Å². The van der Waals surface area contributed by atoms with Crippen LogP contribution in [-0.2, 0) is 0 Å². The van der Waals surface area contributed by atoms with Crippen LogP contribution in [0.25, 0.3) is 0 Å². The summed E-state index contributed by atoms with van der Waals surface area (Å²) in [5.74, 6) is 0. The van der Waals surface area contributed by atoms with E-state index in [0.29, 0.717) is 12.8 Å². The van der Waals surface area contributed by atoms with Crippen molar-refractivity contribution in [3.8, 4) is 0 Å². The lowest BCUT2D eigenvalue weighted by Crippen LogP contribution is -2.17. The zero-order valence-electron chi connectivity index (χ0n) is 9.51. The van der Waals surface area contributed by atoms with E-state index < -0.39 is 12.2 Å². The van der Waals surface area contributed by atoms with Gasteiger partial charge in [-0.15, -0.1) is 0 Å². The summed E-state index contributed by atoms with van der Waals surface area (Å²) in [6.07, 6.45) is -0.348. The van der Waals surface area contributed by atoms with Crippen molar-refractivity contribution in [2.24, 2.45) is 0 Å². The zero-order chi connectivity index (χ0) is 11.7. The topological polar surface area (TPSA) is 80.9 Å². The molecule has 0 bridgehead atoms. The van der Waals surface area contributed by atoms with Gasteiger partial charge in [-0.2, -0.15) is 0 Å². The first-order valence-corrected chi connectivity index (χ1v) is 4.99. The first-order valence-electron chi connectivity index (χ1n) is 4.99. The van der Waals surface area contributed by atoms with Gasteiger partial charge >= 0.3 is 0 Å². The van der Waals surface area contributed by atoms with Gasteiger partial charge in [0.05, 0.1) is 24.4 Å². The smallest absolute Gasteiger partial charge is 0.0768 e. The van der Waals surface area contributed by atoms with Crippen LogP contribution in [0, 0.1) is 0 Å². The second-order valence-electron chi connectivity index (χ2n) is 3.76. The SMILES string of the molecule is CC(O)C(C)O.CC(O)CCC(C)O. The molecule has 0 saturated carbocycles. The van der Waals surface area contributed by atoms with Gasteiger partial charge < -0.3 is 20.4 Å². The summed E-state index contributed by atoms with van der Waals surface area (Å²) in [4.78, 5) is 0. The van der Waals surface area contributed by atoms with Gasteiger partial charge in [-0.3, -0.25) is 0 Å². The first-order chi connectivity index (χ1) is 6.27. The molecule has 0 aromatic carbocycles. The molecule has 14 heavy (non-hydrogen) atoms. The summed E-state index contributed by atoms with van der Waals surface area (Å²) < 4.78 is 0. The van der Waals surface area contributed by atoms with E-state index in [4.69, 9.17) is 20.4 Å². The third kappa shape index (κ3) is 17.8. The second-order valence-corrected chi connectivity index (χ2v) is 3.76. The van der Waals surface area contributed by atoms with Crippen LogP contribution in [0.15, 0.2) is 0 Å². The molecular weight excluding hydrogens is 184 g/mol. The third-order valence-corrected chi connectivity index (χ3v) is 1.70. The molecule has 0 aromatic rings. The van der Waals surface area contributed by atoms with Gasteiger partial charge in [0, 0.05) is 0 Å². The fourth-order valence-electron chi connectivity index (χ4n) is 0.482. The van der Waals surface area contributed by atoms with Crippen molar-refractivity contribution in [1.82, 2.24) is 0 Å². The molecule has 4 unspecified atom stereocenters. The molecule has 0 amide bonds. The molecule has 0 fully saturated rings. The molecule has 4 atom stereocenters. The molecule has 0 heterocycles. The Morgan fingerprint density at radius 1 is 0.643 bits per heavy atom. The van der Waals surface area contributed by atoms with Crippen molar-refractivity contribution in [3.05, 3.63) is 0 Å². The van der Waals surface area contributed by atoms with Crippen molar-refractivity contribution >= 4 is 0 Å². The van der Waals surface area contributed by atoms with Crippen LogP contribution in [0.1, 0.15) is 40.5 Å². The van der Waals surface area contributed by atoms with Crippen molar-refractivity contribution in [2.75, 3.05) is 0 Å². The van der Waals surface area contributed by atoms with Gasteiger partial charge in [-0.1, -0.05) is 0 Å². The average molecular weight is 208 g/mol. The standard InChI is InChI=1S/C6H14O2.C4H10O2/c1-5(7)3-4-6(2)8;1-3(5)4(2)6/h5-8H,3-4H2,1-2H3;3-6H,1-2H3. The predicted molar refractivity (Wildman–Crippen MR) is 56.0 cm³/mol. The van der Waals surface area contributed by atoms with Gasteiger partial charge in [0.1, 0.15) is 0 Å². The van der Waals surface area contributed by atoms with Crippen LogP contribution >= 0.6 is 0 Å². The fourth-order valence-corrected chi connectivity index (χ4v) is 0.482. The maximum absolute atomic E-state index is 8.69. The second kappa shape index (κ2) is 9.40. The minimum atomic E-state index is -0.593. The van der Waals surface area contributed by atoms with Crippen LogP contribution < -0.4 is 0 Å². The molecule has 4 nitrogen and oxygen atoms in total. The Kier molecular flexibility index (Phi) is 10.9. The molecule has 0 aliphatic carbocycles.